The van der Waals surface area contributed by atoms with Crippen molar-refractivity contribution >= 4 is 0 Å². The summed E-state index contributed by atoms with van der Waals surface area (Å²) in [5, 5.41) is 0. The highest BCUT2D eigenvalue weighted by molar-refractivity contribution is 5.37. The molecule has 1 aromatic heterocycles. The second-order valence-corrected chi connectivity index (χ2v) is 6.16. The maximum absolute atomic E-state index is 13.1. The van der Waals surface area contributed by atoms with Gasteiger partial charge >= 0.3 is 0 Å². The molecule has 2 aromatic rings. The first-order valence-electron chi connectivity index (χ1n) is 6.95. The lowest BCUT2D eigenvalue weighted by molar-refractivity contribution is 0.446. The zero-order chi connectivity index (χ0) is 15.6. The number of aromatic nitrogens is 1. The first-order valence-corrected chi connectivity index (χ1v) is 6.95. The second-order valence-electron chi connectivity index (χ2n) is 6.16. The summed E-state index contributed by atoms with van der Waals surface area (Å²) in [6.07, 6.45) is 0. The predicted octanol–water partition coefficient (Wildman–Crippen LogP) is 4.08. The van der Waals surface area contributed by atoms with E-state index in [0.717, 1.165) is 16.8 Å². The van der Waals surface area contributed by atoms with Crippen molar-refractivity contribution < 1.29 is 9.13 Å². The largest absolute Gasteiger partial charge is 0.439 e. The number of ether oxygens (including phenoxy) is 1. The zero-order valence-electron chi connectivity index (χ0n) is 12.9. The molecule has 1 aromatic carbocycles. The minimum Gasteiger partial charge on any atom is -0.439 e. The Kier molecular flexibility index (Phi) is 4.28. The molecule has 0 bridgehead atoms. The molecule has 0 spiro atoms. The molecule has 0 atom stereocenters. The highest BCUT2D eigenvalue weighted by Gasteiger charge is 2.18. The standard InChI is InChI=1S/C17H21FN2O/c1-11-7-13(18)5-6-14(11)21-16-9-12(10-19)8-15(20-16)17(2,3)4/h5-9H,10,19H2,1-4H3. The number of hydrogen-bond acceptors (Lipinski definition) is 3. The molecule has 0 aliphatic rings. The van der Waals surface area contributed by atoms with Gasteiger partial charge in [0.25, 0.3) is 0 Å². The molecule has 2 rings (SSSR count). The van der Waals surface area contributed by atoms with Gasteiger partial charge in [-0.2, -0.15) is 0 Å². The molecule has 0 aliphatic carbocycles. The zero-order valence-corrected chi connectivity index (χ0v) is 12.9. The van der Waals surface area contributed by atoms with E-state index in [0.29, 0.717) is 18.2 Å². The highest BCUT2D eigenvalue weighted by Crippen LogP contribution is 2.28. The first kappa shape index (κ1) is 15.4. The van der Waals surface area contributed by atoms with E-state index in [9.17, 15) is 4.39 Å². The lowest BCUT2D eigenvalue weighted by Gasteiger charge is -2.20. The summed E-state index contributed by atoms with van der Waals surface area (Å²) in [5.74, 6) is 0.800. The summed E-state index contributed by atoms with van der Waals surface area (Å²) in [6.45, 7) is 8.48. The van der Waals surface area contributed by atoms with Crippen LogP contribution in [0.3, 0.4) is 0 Å². The van der Waals surface area contributed by atoms with Crippen molar-refractivity contribution in [3.63, 3.8) is 0 Å². The van der Waals surface area contributed by atoms with Crippen molar-refractivity contribution in [1.82, 2.24) is 4.98 Å². The fourth-order valence-electron chi connectivity index (χ4n) is 1.95. The van der Waals surface area contributed by atoms with E-state index in [1.54, 1.807) is 13.0 Å². The lowest BCUT2D eigenvalue weighted by Crippen LogP contribution is -2.15. The summed E-state index contributed by atoms with van der Waals surface area (Å²) < 4.78 is 18.9. The minimum absolute atomic E-state index is 0.0961. The Hall–Kier alpha value is -1.94. The molecule has 3 nitrogen and oxygen atoms in total. The first-order chi connectivity index (χ1) is 9.79. The average Bonchev–Trinajstić information content (AvgIpc) is 2.40. The number of pyridine rings is 1. The molecule has 4 heteroatoms. The molecule has 21 heavy (non-hydrogen) atoms. The normalized spacial score (nSPS) is 11.5. The summed E-state index contributed by atoms with van der Waals surface area (Å²) in [4.78, 5) is 4.54. The molecule has 0 fully saturated rings. The monoisotopic (exact) mass is 288 g/mol. The predicted molar refractivity (Wildman–Crippen MR) is 82.0 cm³/mol. The fraction of sp³-hybridized carbons (Fsp3) is 0.353. The maximum Gasteiger partial charge on any atom is 0.219 e. The van der Waals surface area contributed by atoms with Gasteiger partial charge in [-0.3, -0.25) is 0 Å². The summed E-state index contributed by atoms with van der Waals surface area (Å²) in [7, 11) is 0. The summed E-state index contributed by atoms with van der Waals surface area (Å²) in [5.41, 5.74) is 8.25. The van der Waals surface area contributed by atoms with Gasteiger partial charge in [0.2, 0.25) is 5.88 Å². The molecular formula is C17H21FN2O. The van der Waals surface area contributed by atoms with E-state index in [4.69, 9.17) is 10.5 Å². The summed E-state index contributed by atoms with van der Waals surface area (Å²) >= 11 is 0. The molecule has 0 radical (unpaired) electrons. The molecule has 0 saturated heterocycles. The van der Waals surface area contributed by atoms with E-state index in [2.05, 4.69) is 25.8 Å². The van der Waals surface area contributed by atoms with Gasteiger partial charge in [0, 0.05) is 18.0 Å². The number of rotatable bonds is 3. The van der Waals surface area contributed by atoms with Crippen LogP contribution in [0, 0.1) is 12.7 Å². The van der Waals surface area contributed by atoms with Crippen LogP contribution in [0.25, 0.3) is 0 Å². The topological polar surface area (TPSA) is 48.1 Å². The molecule has 0 saturated carbocycles. The molecule has 0 aliphatic heterocycles. The Morgan fingerprint density at radius 1 is 1.19 bits per heavy atom. The SMILES string of the molecule is Cc1cc(F)ccc1Oc1cc(CN)cc(C(C)(C)C)n1. The lowest BCUT2D eigenvalue weighted by atomic mass is 9.91. The fourth-order valence-corrected chi connectivity index (χ4v) is 1.95. The molecule has 2 N–H and O–H groups in total. The van der Waals surface area contributed by atoms with Crippen LogP contribution in [-0.2, 0) is 12.0 Å². The van der Waals surface area contributed by atoms with E-state index in [1.165, 1.54) is 12.1 Å². The van der Waals surface area contributed by atoms with E-state index in [-0.39, 0.29) is 11.2 Å². The van der Waals surface area contributed by atoms with E-state index >= 15 is 0 Å². The van der Waals surface area contributed by atoms with Crippen LogP contribution in [0.15, 0.2) is 30.3 Å². The van der Waals surface area contributed by atoms with Crippen molar-refractivity contribution in [2.75, 3.05) is 0 Å². The summed E-state index contributed by atoms with van der Waals surface area (Å²) in [6, 6.07) is 8.23. The smallest absolute Gasteiger partial charge is 0.219 e. The number of halogens is 1. The van der Waals surface area contributed by atoms with E-state index < -0.39 is 0 Å². The molecular weight excluding hydrogens is 267 g/mol. The van der Waals surface area contributed by atoms with Crippen LogP contribution < -0.4 is 10.5 Å². The van der Waals surface area contributed by atoms with Gasteiger partial charge in [0.15, 0.2) is 0 Å². The van der Waals surface area contributed by atoms with Gasteiger partial charge < -0.3 is 10.5 Å². The van der Waals surface area contributed by atoms with Crippen molar-refractivity contribution in [3.8, 4) is 11.6 Å². The molecule has 0 amide bonds. The van der Waals surface area contributed by atoms with E-state index in [1.807, 2.05) is 12.1 Å². The number of hydrogen-bond donors (Lipinski definition) is 1. The number of nitrogens with zero attached hydrogens (tertiary/aromatic N) is 1. The van der Waals surface area contributed by atoms with Crippen LogP contribution >= 0.6 is 0 Å². The van der Waals surface area contributed by atoms with Gasteiger partial charge in [-0.05, 0) is 42.3 Å². The van der Waals surface area contributed by atoms with Crippen LogP contribution in [0.5, 0.6) is 11.6 Å². The Morgan fingerprint density at radius 3 is 2.48 bits per heavy atom. The van der Waals surface area contributed by atoms with Crippen LogP contribution in [0.1, 0.15) is 37.6 Å². The minimum atomic E-state index is -0.279. The van der Waals surface area contributed by atoms with Crippen molar-refractivity contribution in [3.05, 3.63) is 53.0 Å². The van der Waals surface area contributed by atoms with Crippen LogP contribution in [0.2, 0.25) is 0 Å². The maximum atomic E-state index is 13.1. The number of aryl methyl sites for hydroxylation is 1. The molecule has 0 unspecified atom stereocenters. The van der Waals surface area contributed by atoms with Crippen LogP contribution in [0.4, 0.5) is 4.39 Å². The Labute approximate surface area is 125 Å². The average molecular weight is 288 g/mol. The number of nitrogens with two attached hydrogens (primary N) is 1. The van der Waals surface area contributed by atoms with Gasteiger partial charge in [-0.25, -0.2) is 9.37 Å². The van der Waals surface area contributed by atoms with Crippen molar-refractivity contribution in [2.45, 2.75) is 39.7 Å². The van der Waals surface area contributed by atoms with Crippen LogP contribution in [-0.4, -0.2) is 4.98 Å². The van der Waals surface area contributed by atoms with Crippen molar-refractivity contribution in [1.29, 1.82) is 0 Å². The third-order valence-corrected chi connectivity index (χ3v) is 3.22. The second kappa shape index (κ2) is 5.82. The van der Waals surface area contributed by atoms with Gasteiger partial charge in [-0.1, -0.05) is 20.8 Å². The third kappa shape index (κ3) is 3.79. The third-order valence-electron chi connectivity index (χ3n) is 3.22. The van der Waals surface area contributed by atoms with Gasteiger partial charge in [-0.15, -0.1) is 0 Å². The molecule has 1 heterocycles. The quantitative estimate of drug-likeness (QED) is 0.925. The Balaban J connectivity index is 2.39. The van der Waals surface area contributed by atoms with Crippen molar-refractivity contribution in [2.24, 2.45) is 5.73 Å². The molecule has 112 valence electrons. The number of benzene rings is 1. The van der Waals surface area contributed by atoms with Gasteiger partial charge in [0.05, 0.1) is 5.69 Å². The highest BCUT2D eigenvalue weighted by atomic mass is 19.1. The Bertz CT molecular complexity index is 648. The Morgan fingerprint density at radius 2 is 1.90 bits per heavy atom. The van der Waals surface area contributed by atoms with Gasteiger partial charge in [0.1, 0.15) is 11.6 Å².